The number of benzene rings is 3. The number of halogens is 2. The van der Waals surface area contributed by atoms with Crippen molar-refractivity contribution in [3.8, 4) is 16.9 Å². The van der Waals surface area contributed by atoms with Crippen LogP contribution < -0.4 is 10.1 Å². The molecule has 0 saturated heterocycles. The van der Waals surface area contributed by atoms with Gasteiger partial charge in [-0.1, -0.05) is 31.2 Å². The molecule has 0 bridgehead atoms. The second-order valence-corrected chi connectivity index (χ2v) is 6.76. The number of aryl methyl sites for hydroxylation is 1. The Morgan fingerprint density at radius 3 is 2.38 bits per heavy atom. The molecule has 0 saturated carbocycles. The highest BCUT2D eigenvalue weighted by atomic mass is 19.2. The molecule has 0 spiro atoms. The van der Waals surface area contributed by atoms with Gasteiger partial charge in [-0.2, -0.15) is 0 Å². The first-order valence-corrected chi connectivity index (χ1v) is 9.46. The fraction of sp³-hybridized carbons (Fsp3) is 0.208. The summed E-state index contributed by atoms with van der Waals surface area (Å²) in [4.78, 5) is 12.1. The zero-order chi connectivity index (χ0) is 21.0. The molecule has 0 aliphatic carbocycles. The molecule has 5 heteroatoms. The highest BCUT2D eigenvalue weighted by Gasteiger charge is 2.13. The number of carbonyl (C=O) groups excluding carboxylic acids is 1. The minimum Gasteiger partial charge on any atom is -0.489 e. The Bertz CT molecular complexity index is 1030. The van der Waals surface area contributed by atoms with E-state index >= 15 is 0 Å². The lowest BCUT2D eigenvalue weighted by Gasteiger charge is -2.15. The molecule has 0 radical (unpaired) electrons. The smallest absolute Gasteiger partial charge is 0.164 e. The van der Waals surface area contributed by atoms with Crippen LogP contribution in [0.15, 0.2) is 54.6 Å². The van der Waals surface area contributed by atoms with Crippen LogP contribution in [0.1, 0.15) is 34.8 Å². The molecular formula is C24H23F2NO2. The summed E-state index contributed by atoms with van der Waals surface area (Å²) in [6.45, 7) is 3.87. The van der Waals surface area contributed by atoms with Gasteiger partial charge in [0.1, 0.15) is 12.4 Å². The van der Waals surface area contributed by atoms with Gasteiger partial charge < -0.3 is 10.1 Å². The van der Waals surface area contributed by atoms with Crippen molar-refractivity contribution in [2.45, 2.75) is 26.9 Å². The van der Waals surface area contributed by atoms with Gasteiger partial charge in [0.05, 0.1) is 5.69 Å². The van der Waals surface area contributed by atoms with E-state index in [4.69, 9.17) is 4.74 Å². The van der Waals surface area contributed by atoms with Gasteiger partial charge in [-0.25, -0.2) is 8.78 Å². The molecule has 0 fully saturated rings. The Kier molecular flexibility index (Phi) is 6.27. The zero-order valence-corrected chi connectivity index (χ0v) is 16.7. The summed E-state index contributed by atoms with van der Waals surface area (Å²) >= 11 is 0. The van der Waals surface area contributed by atoms with Crippen molar-refractivity contribution in [1.29, 1.82) is 0 Å². The van der Waals surface area contributed by atoms with Crippen LogP contribution in [0.4, 0.5) is 14.5 Å². The van der Waals surface area contributed by atoms with E-state index in [2.05, 4.69) is 5.32 Å². The molecule has 0 aliphatic rings. The molecule has 0 aromatic heterocycles. The zero-order valence-electron chi connectivity index (χ0n) is 16.7. The van der Waals surface area contributed by atoms with Gasteiger partial charge in [0.2, 0.25) is 0 Å². The largest absolute Gasteiger partial charge is 0.489 e. The maximum Gasteiger partial charge on any atom is 0.164 e. The minimum absolute atomic E-state index is 0.0717. The lowest BCUT2D eigenvalue weighted by molar-refractivity contribution is 0.0989. The van der Waals surface area contributed by atoms with Crippen LogP contribution in [0.5, 0.6) is 5.75 Å². The molecule has 29 heavy (non-hydrogen) atoms. The molecule has 0 heterocycles. The van der Waals surface area contributed by atoms with Gasteiger partial charge in [0, 0.05) is 24.6 Å². The fourth-order valence-corrected chi connectivity index (χ4v) is 3.29. The number of anilines is 1. The van der Waals surface area contributed by atoms with Crippen molar-refractivity contribution in [2.24, 2.45) is 0 Å². The molecule has 3 aromatic carbocycles. The third-order valence-corrected chi connectivity index (χ3v) is 4.85. The lowest BCUT2D eigenvalue weighted by Crippen LogP contribution is -2.07. The lowest BCUT2D eigenvalue weighted by atomic mass is 10.00. The van der Waals surface area contributed by atoms with Crippen molar-refractivity contribution >= 4 is 11.5 Å². The molecule has 0 unspecified atom stereocenters. The Morgan fingerprint density at radius 2 is 1.72 bits per heavy atom. The van der Waals surface area contributed by atoms with Gasteiger partial charge in [-0.15, -0.1) is 0 Å². The number of para-hydroxylation sites is 1. The monoisotopic (exact) mass is 395 g/mol. The maximum atomic E-state index is 13.6. The van der Waals surface area contributed by atoms with Gasteiger partial charge >= 0.3 is 0 Å². The number of ketones is 1. The SMILES string of the molecule is CCC(=O)c1cccc(COc2ccc(-c3cc(F)c(F)cc3C)cc2)c1NC. The highest BCUT2D eigenvalue weighted by Crippen LogP contribution is 2.28. The third kappa shape index (κ3) is 4.45. The van der Waals surface area contributed by atoms with Crippen LogP contribution >= 0.6 is 0 Å². The average Bonchev–Trinajstić information content (AvgIpc) is 2.74. The van der Waals surface area contributed by atoms with E-state index in [-0.39, 0.29) is 5.78 Å². The number of hydrogen-bond acceptors (Lipinski definition) is 3. The number of carbonyl (C=O) groups is 1. The van der Waals surface area contributed by atoms with Crippen molar-refractivity contribution < 1.29 is 18.3 Å². The molecule has 150 valence electrons. The summed E-state index contributed by atoms with van der Waals surface area (Å²) in [5.41, 5.74) is 4.38. The van der Waals surface area contributed by atoms with Gasteiger partial charge in [-0.05, 0) is 53.9 Å². The van der Waals surface area contributed by atoms with Gasteiger partial charge in [-0.3, -0.25) is 4.79 Å². The summed E-state index contributed by atoms with van der Waals surface area (Å²) in [5.74, 6) is -1.01. The molecule has 3 aromatic rings. The summed E-state index contributed by atoms with van der Waals surface area (Å²) in [6, 6.07) is 15.2. The van der Waals surface area contributed by atoms with E-state index < -0.39 is 11.6 Å². The third-order valence-electron chi connectivity index (χ3n) is 4.85. The Balaban J connectivity index is 1.78. The molecule has 0 amide bonds. The number of hydrogen-bond donors (Lipinski definition) is 1. The number of ether oxygens (including phenoxy) is 1. The molecule has 1 N–H and O–H groups in total. The fourth-order valence-electron chi connectivity index (χ4n) is 3.29. The predicted octanol–water partition coefficient (Wildman–Crippen LogP) is 6.15. The maximum absolute atomic E-state index is 13.6. The first-order valence-electron chi connectivity index (χ1n) is 9.46. The standard InChI is InChI=1S/C24H23F2NO2/c1-4-23(28)19-7-5-6-17(24(19)27-3)14-29-18-10-8-16(9-11-18)20-13-22(26)21(25)12-15(20)2/h5-13,27H,4,14H2,1-3H3. The summed E-state index contributed by atoms with van der Waals surface area (Å²) < 4.78 is 32.8. The quantitative estimate of drug-likeness (QED) is 0.487. The van der Waals surface area contributed by atoms with Crippen LogP contribution in [-0.2, 0) is 6.61 Å². The summed E-state index contributed by atoms with van der Waals surface area (Å²) in [7, 11) is 1.78. The van der Waals surface area contributed by atoms with E-state index in [1.807, 2.05) is 31.2 Å². The van der Waals surface area contributed by atoms with Crippen LogP contribution in [-0.4, -0.2) is 12.8 Å². The number of rotatable bonds is 7. The summed E-state index contributed by atoms with van der Waals surface area (Å²) in [5, 5.41) is 3.10. The van der Waals surface area contributed by atoms with Crippen molar-refractivity contribution in [3.63, 3.8) is 0 Å². The predicted molar refractivity (Wildman–Crippen MR) is 111 cm³/mol. The normalized spacial score (nSPS) is 10.7. The molecular weight excluding hydrogens is 372 g/mol. The molecule has 0 aliphatic heterocycles. The Morgan fingerprint density at radius 1 is 1.03 bits per heavy atom. The molecule has 3 rings (SSSR count). The first-order chi connectivity index (χ1) is 13.9. The minimum atomic E-state index is -0.868. The number of Topliss-reactive ketones (excluding diaryl/α,β-unsaturated/α-hetero) is 1. The molecule has 3 nitrogen and oxygen atoms in total. The first kappa shape index (κ1) is 20.5. The van der Waals surface area contributed by atoms with Crippen LogP contribution in [0.25, 0.3) is 11.1 Å². The second-order valence-electron chi connectivity index (χ2n) is 6.76. The van der Waals surface area contributed by atoms with Crippen molar-refractivity contribution in [3.05, 3.63) is 82.9 Å². The van der Waals surface area contributed by atoms with E-state index in [9.17, 15) is 13.6 Å². The van der Waals surface area contributed by atoms with Crippen LogP contribution in [0.2, 0.25) is 0 Å². The van der Waals surface area contributed by atoms with Crippen molar-refractivity contribution in [1.82, 2.24) is 0 Å². The Labute approximate surface area is 169 Å². The van der Waals surface area contributed by atoms with Crippen LogP contribution in [0, 0.1) is 18.6 Å². The van der Waals surface area contributed by atoms with E-state index in [1.165, 1.54) is 12.1 Å². The van der Waals surface area contributed by atoms with E-state index in [0.29, 0.717) is 35.5 Å². The van der Waals surface area contributed by atoms with E-state index in [0.717, 1.165) is 16.8 Å². The van der Waals surface area contributed by atoms with Gasteiger partial charge in [0.25, 0.3) is 0 Å². The Hall–Kier alpha value is -3.21. The number of nitrogens with one attached hydrogen (secondary N) is 1. The van der Waals surface area contributed by atoms with Gasteiger partial charge in [0.15, 0.2) is 17.4 Å². The average molecular weight is 395 g/mol. The van der Waals surface area contributed by atoms with Crippen molar-refractivity contribution in [2.75, 3.05) is 12.4 Å². The van der Waals surface area contributed by atoms with Crippen LogP contribution in [0.3, 0.4) is 0 Å². The molecule has 0 atom stereocenters. The summed E-state index contributed by atoms with van der Waals surface area (Å²) in [6.07, 6.45) is 0.434. The highest BCUT2D eigenvalue weighted by molar-refractivity contribution is 6.01. The van der Waals surface area contributed by atoms with E-state index in [1.54, 1.807) is 32.2 Å². The topological polar surface area (TPSA) is 38.3 Å². The second kappa shape index (κ2) is 8.86.